The number of hydrogen-bond donors (Lipinski definition) is 2. The van der Waals surface area contributed by atoms with Gasteiger partial charge in [-0.3, -0.25) is 4.90 Å². The highest BCUT2D eigenvalue weighted by Crippen LogP contribution is 2.46. The summed E-state index contributed by atoms with van der Waals surface area (Å²) < 4.78 is 6.64. The van der Waals surface area contributed by atoms with Crippen molar-refractivity contribution in [1.82, 2.24) is 9.88 Å². The van der Waals surface area contributed by atoms with E-state index in [0.29, 0.717) is 30.6 Å². The van der Waals surface area contributed by atoms with Crippen molar-refractivity contribution in [3.8, 4) is 11.3 Å². The number of nitrogens with zero attached hydrogens (tertiary/aromatic N) is 1. The van der Waals surface area contributed by atoms with Crippen LogP contribution in [0.4, 0.5) is 0 Å². The third-order valence-electron chi connectivity index (χ3n) is 6.53. The second-order valence-electron chi connectivity index (χ2n) is 8.42. The fourth-order valence-electron chi connectivity index (χ4n) is 5.01. The van der Waals surface area contributed by atoms with Crippen molar-refractivity contribution in [3.05, 3.63) is 46.3 Å². The molecule has 3 heterocycles. The minimum Gasteiger partial charge on any atom is -0.477 e. The lowest BCUT2D eigenvalue weighted by Gasteiger charge is -2.26. The van der Waals surface area contributed by atoms with Gasteiger partial charge in [0.15, 0.2) is 0 Å². The minimum atomic E-state index is -0.816. The minimum absolute atomic E-state index is 0.486. The van der Waals surface area contributed by atoms with Gasteiger partial charge in [-0.2, -0.15) is 0 Å². The quantitative estimate of drug-likeness (QED) is 0.570. The number of aromatic carboxylic acids is 1. The maximum absolute atomic E-state index is 12.1. The number of nitrogens with one attached hydrogen (secondary N) is 1. The van der Waals surface area contributed by atoms with E-state index in [1.54, 1.807) is 0 Å². The Bertz CT molecular complexity index is 1030. The van der Waals surface area contributed by atoms with Crippen molar-refractivity contribution < 1.29 is 14.6 Å². The first-order valence-corrected chi connectivity index (χ1v) is 11.8. The number of benzene rings is 1. The van der Waals surface area contributed by atoms with Gasteiger partial charge in [0.05, 0.1) is 29.1 Å². The van der Waals surface area contributed by atoms with Gasteiger partial charge in [-0.05, 0) is 29.9 Å². The first-order valence-electron chi connectivity index (χ1n) is 11.0. The van der Waals surface area contributed by atoms with Crippen molar-refractivity contribution in [3.63, 3.8) is 0 Å². The molecule has 0 unspecified atom stereocenters. The highest BCUT2D eigenvalue weighted by molar-refractivity contribution is 7.21. The number of carboxylic acids is 1. The molecule has 0 radical (unpaired) electrons. The lowest BCUT2D eigenvalue weighted by molar-refractivity contribution is 0.0341. The Morgan fingerprint density at radius 3 is 2.57 bits per heavy atom. The SMILES string of the molecule is O=C(O)c1sc2c(C3CCCCC3)c(-c3ccccc3)[nH]c2c1CN1CCOCC1. The van der Waals surface area contributed by atoms with Crippen LogP contribution in [0.3, 0.4) is 0 Å². The molecule has 1 saturated heterocycles. The Balaban J connectivity index is 1.66. The van der Waals surface area contributed by atoms with Gasteiger partial charge in [0, 0.05) is 25.2 Å². The number of aromatic nitrogens is 1. The van der Waals surface area contributed by atoms with Gasteiger partial charge in [-0.1, -0.05) is 49.6 Å². The highest BCUT2D eigenvalue weighted by Gasteiger charge is 2.29. The average Bonchev–Trinajstić information content (AvgIpc) is 3.33. The summed E-state index contributed by atoms with van der Waals surface area (Å²) in [6.07, 6.45) is 6.18. The van der Waals surface area contributed by atoms with Crippen LogP contribution in [0.25, 0.3) is 21.5 Å². The molecular formula is C24H28N2O3S. The normalized spacial score (nSPS) is 18.8. The first kappa shape index (κ1) is 19.8. The summed E-state index contributed by atoms with van der Waals surface area (Å²) in [6, 6.07) is 10.5. The van der Waals surface area contributed by atoms with Gasteiger partial charge in [0.1, 0.15) is 4.88 Å². The van der Waals surface area contributed by atoms with Crippen molar-refractivity contribution in [2.75, 3.05) is 26.3 Å². The Hall–Kier alpha value is -2.15. The number of aromatic amines is 1. The van der Waals surface area contributed by atoms with E-state index in [-0.39, 0.29) is 0 Å². The van der Waals surface area contributed by atoms with Crippen molar-refractivity contribution >= 4 is 27.5 Å². The number of H-pyrrole nitrogens is 1. The lowest BCUT2D eigenvalue weighted by atomic mass is 9.83. The largest absolute Gasteiger partial charge is 0.477 e. The third kappa shape index (κ3) is 3.68. The number of rotatable bonds is 5. The summed E-state index contributed by atoms with van der Waals surface area (Å²) in [5.74, 6) is -0.317. The van der Waals surface area contributed by atoms with Crippen molar-refractivity contribution in [2.24, 2.45) is 0 Å². The summed E-state index contributed by atoms with van der Waals surface area (Å²) >= 11 is 1.47. The van der Waals surface area contributed by atoms with E-state index >= 15 is 0 Å². The Kier molecular flexibility index (Phi) is 5.63. The molecule has 5 rings (SSSR count). The van der Waals surface area contributed by atoms with E-state index in [2.05, 4.69) is 34.1 Å². The number of fused-ring (bicyclic) bond motifs is 1. The molecule has 0 amide bonds. The van der Waals surface area contributed by atoms with Crippen molar-refractivity contribution in [2.45, 2.75) is 44.6 Å². The average molecular weight is 425 g/mol. The fraction of sp³-hybridized carbons (Fsp3) is 0.458. The number of carbonyl (C=O) groups is 1. The van der Waals surface area contributed by atoms with Crippen LogP contribution in [-0.2, 0) is 11.3 Å². The summed E-state index contributed by atoms with van der Waals surface area (Å²) in [5.41, 5.74) is 5.68. The molecule has 158 valence electrons. The molecule has 1 aromatic carbocycles. The van der Waals surface area contributed by atoms with E-state index in [0.717, 1.165) is 28.9 Å². The molecule has 0 spiro atoms. The predicted molar refractivity (Wildman–Crippen MR) is 120 cm³/mol. The summed E-state index contributed by atoms with van der Waals surface area (Å²) in [4.78, 5) is 18.6. The molecule has 0 atom stereocenters. The number of thiophene rings is 1. The smallest absolute Gasteiger partial charge is 0.346 e. The summed E-state index contributed by atoms with van der Waals surface area (Å²) in [6.45, 7) is 3.77. The zero-order valence-electron chi connectivity index (χ0n) is 17.2. The van der Waals surface area contributed by atoms with Gasteiger partial charge in [0.2, 0.25) is 0 Å². The first-order chi connectivity index (χ1) is 14.7. The van der Waals surface area contributed by atoms with E-state index in [4.69, 9.17) is 4.74 Å². The van der Waals surface area contributed by atoms with Crippen LogP contribution in [0, 0.1) is 0 Å². The van der Waals surface area contributed by atoms with Crippen molar-refractivity contribution in [1.29, 1.82) is 0 Å². The molecule has 3 aromatic rings. The predicted octanol–water partition coefficient (Wildman–Crippen LogP) is 5.47. The van der Waals surface area contributed by atoms with E-state index in [1.165, 1.54) is 60.3 Å². The van der Waals surface area contributed by atoms with Crippen LogP contribution in [0.2, 0.25) is 0 Å². The van der Waals surface area contributed by atoms with Crippen LogP contribution in [0.5, 0.6) is 0 Å². The Labute approximate surface area is 180 Å². The number of morpholine rings is 1. The number of ether oxygens (including phenoxy) is 1. The fourth-order valence-corrected chi connectivity index (χ4v) is 6.25. The lowest BCUT2D eigenvalue weighted by Crippen LogP contribution is -2.35. The second kappa shape index (κ2) is 8.53. The standard InChI is InChI=1S/C24H28N2O3S/c27-24(28)22-18(15-26-11-13-29-14-12-26)21-23(30-22)19(16-7-3-1-4-8-16)20(25-21)17-9-5-2-6-10-17/h2,5-6,9-10,16,25H,1,3-4,7-8,11-15H2,(H,27,28). The summed E-state index contributed by atoms with van der Waals surface area (Å²) in [7, 11) is 0. The van der Waals surface area contributed by atoms with Gasteiger partial charge in [0.25, 0.3) is 0 Å². The summed E-state index contributed by atoms with van der Waals surface area (Å²) in [5, 5.41) is 9.96. The van der Waals surface area contributed by atoms with E-state index in [9.17, 15) is 9.90 Å². The molecule has 30 heavy (non-hydrogen) atoms. The monoisotopic (exact) mass is 424 g/mol. The molecule has 1 saturated carbocycles. The highest BCUT2D eigenvalue weighted by atomic mass is 32.1. The number of carboxylic acid groups (broad SMARTS) is 1. The zero-order chi connectivity index (χ0) is 20.5. The van der Waals surface area contributed by atoms with Crippen LogP contribution in [0.1, 0.15) is 58.8 Å². The van der Waals surface area contributed by atoms with E-state index in [1.807, 2.05) is 6.07 Å². The molecule has 6 heteroatoms. The third-order valence-corrected chi connectivity index (χ3v) is 7.78. The van der Waals surface area contributed by atoms with Crippen LogP contribution in [0.15, 0.2) is 30.3 Å². The van der Waals surface area contributed by atoms with Gasteiger partial charge < -0.3 is 14.8 Å². The maximum atomic E-state index is 12.1. The molecule has 0 bridgehead atoms. The molecule has 2 aliphatic rings. The Morgan fingerprint density at radius 1 is 1.13 bits per heavy atom. The molecule has 1 aliphatic carbocycles. The van der Waals surface area contributed by atoms with Gasteiger partial charge >= 0.3 is 5.97 Å². The molecule has 2 aromatic heterocycles. The molecule has 2 N–H and O–H groups in total. The van der Waals surface area contributed by atoms with Gasteiger partial charge in [-0.25, -0.2) is 4.79 Å². The molecule has 1 aliphatic heterocycles. The molecular weight excluding hydrogens is 396 g/mol. The number of hydrogen-bond acceptors (Lipinski definition) is 4. The Morgan fingerprint density at radius 2 is 1.87 bits per heavy atom. The van der Waals surface area contributed by atoms with Crippen LogP contribution < -0.4 is 0 Å². The van der Waals surface area contributed by atoms with Crippen LogP contribution in [-0.4, -0.2) is 47.3 Å². The topological polar surface area (TPSA) is 65.6 Å². The van der Waals surface area contributed by atoms with Crippen LogP contribution >= 0.6 is 11.3 Å². The molecule has 2 fully saturated rings. The van der Waals surface area contributed by atoms with Gasteiger partial charge in [-0.15, -0.1) is 11.3 Å². The second-order valence-corrected chi connectivity index (χ2v) is 9.44. The molecule has 5 nitrogen and oxygen atoms in total. The maximum Gasteiger partial charge on any atom is 0.346 e. The zero-order valence-corrected chi connectivity index (χ0v) is 18.0. The van der Waals surface area contributed by atoms with E-state index < -0.39 is 5.97 Å².